The maximum absolute atomic E-state index is 13.0. The number of hydrogen-bond acceptors (Lipinski definition) is 3. The van der Waals surface area contributed by atoms with Crippen molar-refractivity contribution < 1.29 is 14.6 Å². The molecule has 5 heteroatoms. The van der Waals surface area contributed by atoms with Gasteiger partial charge in [0.05, 0.1) is 18.8 Å². The molecule has 1 atom stereocenters. The molecule has 1 unspecified atom stereocenters. The summed E-state index contributed by atoms with van der Waals surface area (Å²) in [4.78, 5) is 0. The van der Waals surface area contributed by atoms with E-state index in [0.29, 0.717) is 4.47 Å². The molecule has 0 aliphatic rings. The first-order valence-corrected chi connectivity index (χ1v) is 6.15. The van der Waals surface area contributed by atoms with Crippen molar-refractivity contribution in [2.75, 3.05) is 13.2 Å². The van der Waals surface area contributed by atoms with Crippen LogP contribution < -0.4 is 5.32 Å². The molecule has 0 saturated carbocycles. The Balaban J connectivity index is 2.86. The first-order valence-electron chi connectivity index (χ1n) is 5.36. The fourth-order valence-corrected chi connectivity index (χ4v) is 2.29. The van der Waals surface area contributed by atoms with E-state index in [9.17, 15) is 14.6 Å². The molecule has 1 aromatic rings. The van der Waals surface area contributed by atoms with Gasteiger partial charge in [0.15, 0.2) is 0 Å². The number of hydrogen-bond donors (Lipinski definition) is 3. The topological polar surface area (TPSA) is 52.5 Å². The molecule has 3 N–H and O–H groups in total. The predicted molar refractivity (Wildman–Crippen MR) is 68.2 cm³/mol. The van der Waals surface area contributed by atoms with E-state index < -0.39 is 5.54 Å². The van der Waals surface area contributed by atoms with Gasteiger partial charge >= 0.3 is 0 Å². The Morgan fingerprint density at radius 2 is 2.00 bits per heavy atom. The molecule has 17 heavy (non-hydrogen) atoms. The summed E-state index contributed by atoms with van der Waals surface area (Å²) in [5, 5.41) is 21.5. The van der Waals surface area contributed by atoms with Crippen LogP contribution in [0.5, 0.6) is 0 Å². The number of aliphatic hydroxyl groups is 2. The Morgan fingerprint density at radius 1 is 1.41 bits per heavy atom. The van der Waals surface area contributed by atoms with Crippen LogP contribution in [0.25, 0.3) is 0 Å². The van der Waals surface area contributed by atoms with Crippen LogP contribution in [0.2, 0.25) is 0 Å². The summed E-state index contributed by atoms with van der Waals surface area (Å²) in [6.45, 7) is 3.27. The summed E-state index contributed by atoms with van der Waals surface area (Å²) in [6.07, 6.45) is 0. The van der Waals surface area contributed by atoms with Gasteiger partial charge in [0.2, 0.25) is 0 Å². The summed E-state index contributed by atoms with van der Waals surface area (Å²) in [5.41, 5.74) is 0.118. The lowest BCUT2D eigenvalue weighted by Gasteiger charge is -2.31. The highest BCUT2D eigenvalue weighted by molar-refractivity contribution is 9.10. The lowest BCUT2D eigenvalue weighted by Crippen LogP contribution is -2.49. The molecule has 1 aromatic carbocycles. The zero-order valence-corrected chi connectivity index (χ0v) is 11.5. The minimum Gasteiger partial charge on any atom is -0.394 e. The van der Waals surface area contributed by atoms with Gasteiger partial charge in [-0.2, -0.15) is 0 Å². The quantitative estimate of drug-likeness (QED) is 0.780. The standard InChI is InChI=1S/C12H17BrFNO2/c1-8(15-12(2,6-16)7-17)10-4-3-9(14)5-11(10)13/h3-5,8,15-17H,6-7H2,1-2H3. The van der Waals surface area contributed by atoms with Crippen molar-refractivity contribution in [3.8, 4) is 0 Å². The van der Waals surface area contributed by atoms with Crippen LogP contribution in [0.15, 0.2) is 22.7 Å². The summed E-state index contributed by atoms with van der Waals surface area (Å²) in [5.74, 6) is -0.306. The third-order valence-electron chi connectivity index (χ3n) is 2.69. The second kappa shape index (κ2) is 5.91. The van der Waals surface area contributed by atoms with Gasteiger partial charge in [0.1, 0.15) is 5.82 Å². The molecule has 3 nitrogen and oxygen atoms in total. The van der Waals surface area contributed by atoms with Crippen molar-refractivity contribution in [3.05, 3.63) is 34.1 Å². The highest BCUT2D eigenvalue weighted by Crippen LogP contribution is 2.25. The molecule has 0 heterocycles. The number of halogens is 2. The lowest BCUT2D eigenvalue weighted by atomic mass is 10.0. The molecule has 0 saturated heterocycles. The lowest BCUT2D eigenvalue weighted by molar-refractivity contribution is 0.0957. The zero-order chi connectivity index (χ0) is 13.1. The Hall–Kier alpha value is -0.490. The van der Waals surface area contributed by atoms with Crippen LogP contribution in [-0.4, -0.2) is 29.0 Å². The molecule has 0 aromatic heterocycles. The van der Waals surface area contributed by atoms with Crippen molar-refractivity contribution in [2.24, 2.45) is 0 Å². The SMILES string of the molecule is CC(NC(C)(CO)CO)c1ccc(F)cc1Br. The maximum Gasteiger partial charge on any atom is 0.124 e. The third-order valence-corrected chi connectivity index (χ3v) is 3.38. The summed E-state index contributed by atoms with van der Waals surface area (Å²) in [7, 11) is 0. The van der Waals surface area contributed by atoms with Crippen LogP contribution in [0.1, 0.15) is 25.5 Å². The number of aliphatic hydroxyl groups excluding tert-OH is 2. The predicted octanol–water partition coefficient (Wildman–Crippen LogP) is 1.98. The largest absolute Gasteiger partial charge is 0.394 e. The molecule has 0 radical (unpaired) electrons. The Kier molecular flexibility index (Phi) is 5.06. The van der Waals surface area contributed by atoms with Gasteiger partial charge in [-0.05, 0) is 31.5 Å². The van der Waals surface area contributed by atoms with Crippen LogP contribution in [0.4, 0.5) is 4.39 Å². The highest BCUT2D eigenvalue weighted by Gasteiger charge is 2.25. The van der Waals surface area contributed by atoms with Crippen LogP contribution >= 0.6 is 15.9 Å². The van der Waals surface area contributed by atoms with Gasteiger partial charge in [0, 0.05) is 10.5 Å². The third kappa shape index (κ3) is 3.74. The second-order valence-electron chi connectivity index (χ2n) is 4.41. The smallest absolute Gasteiger partial charge is 0.124 e. The molecule has 1 rings (SSSR count). The molecule has 0 amide bonds. The summed E-state index contributed by atoms with van der Waals surface area (Å²) < 4.78 is 13.6. The van der Waals surface area contributed by atoms with Crippen molar-refractivity contribution in [1.29, 1.82) is 0 Å². The molecular weight excluding hydrogens is 289 g/mol. The van der Waals surface area contributed by atoms with E-state index in [1.165, 1.54) is 12.1 Å². The Morgan fingerprint density at radius 3 is 2.47 bits per heavy atom. The van der Waals surface area contributed by atoms with E-state index in [1.807, 2.05) is 6.92 Å². The van der Waals surface area contributed by atoms with Crippen LogP contribution in [-0.2, 0) is 0 Å². The average Bonchev–Trinajstić information content (AvgIpc) is 2.28. The summed E-state index contributed by atoms with van der Waals surface area (Å²) in [6, 6.07) is 4.33. The average molecular weight is 306 g/mol. The monoisotopic (exact) mass is 305 g/mol. The number of nitrogens with one attached hydrogen (secondary N) is 1. The van der Waals surface area contributed by atoms with E-state index in [-0.39, 0.29) is 25.1 Å². The molecular formula is C12H17BrFNO2. The molecule has 0 fully saturated rings. The van der Waals surface area contributed by atoms with Crippen molar-refractivity contribution in [2.45, 2.75) is 25.4 Å². The molecule has 0 aliphatic carbocycles. The summed E-state index contributed by atoms with van der Waals surface area (Å²) >= 11 is 3.29. The van der Waals surface area contributed by atoms with E-state index in [2.05, 4.69) is 21.2 Å². The Labute approximate surface area is 109 Å². The van der Waals surface area contributed by atoms with Gasteiger partial charge < -0.3 is 15.5 Å². The fourth-order valence-electron chi connectivity index (χ4n) is 1.59. The molecule has 0 bridgehead atoms. The molecule has 96 valence electrons. The van der Waals surface area contributed by atoms with E-state index in [1.54, 1.807) is 13.0 Å². The zero-order valence-electron chi connectivity index (χ0n) is 9.87. The van der Waals surface area contributed by atoms with Gasteiger partial charge in [0.25, 0.3) is 0 Å². The van der Waals surface area contributed by atoms with Crippen LogP contribution in [0, 0.1) is 5.82 Å². The Bertz CT molecular complexity index is 383. The van der Waals surface area contributed by atoms with E-state index in [0.717, 1.165) is 5.56 Å². The fraction of sp³-hybridized carbons (Fsp3) is 0.500. The maximum atomic E-state index is 13.0. The number of rotatable bonds is 5. The second-order valence-corrected chi connectivity index (χ2v) is 5.26. The van der Waals surface area contributed by atoms with Crippen molar-refractivity contribution in [3.63, 3.8) is 0 Å². The molecule has 0 spiro atoms. The normalized spacial score (nSPS) is 13.8. The minimum absolute atomic E-state index is 0.116. The van der Waals surface area contributed by atoms with Gasteiger partial charge in [-0.1, -0.05) is 22.0 Å². The first-order chi connectivity index (χ1) is 7.91. The van der Waals surface area contributed by atoms with E-state index >= 15 is 0 Å². The van der Waals surface area contributed by atoms with Gasteiger partial charge in [-0.15, -0.1) is 0 Å². The van der Waals surface area contributed by atoms with Crippen molar-refractivity contribution in [1.82, 2.24) is 5.32 Å². The minimum atomic E-state index is -0.757. The highest BCUT2D eigenvalue weighted by atomic mass is 79.9. The van der Waals surface area contributed by atoms with Crippen molar-refractivity contribution >= 4 is 15.9 Å². The van der Waals surface area contributed by atoms with Crippen LogP contribution in [0.3, 0.4) is 0 Å². The van der Waals surface area contributed by atoms with Gasteiger partial charge in [-0.3, -0.25) is 0 Å². The van der Waals surface area contributed by atoms with E-state index in [4.69, 9.17) is 0 Å². The van der Waals surface area contributed by atoms with Gasteiger partial charge in [-0.25, -0.2) is 4.39 Å². The number of benzene rings is 1. The first kappa shape index (κ1) is 14.6. The molecule has 0 aliphatic heterocycles.